The van der Waals surface area contributed by atoms with Gasteiger partial charge in [-0.3, -0.25) is 4.79 Å². The van der Waals surface area contributed by atoms with Gasteiger partial charge >= 0.3 is 0 Å². The standard InChI is InChI=1S/C23H29N5O/c29-23(24-11-17-26-12-3-4-13-26)18-9-15-27(16-10-18)22-21-8-5-14-28(21)20-7-2-1-6-19(20)25-22/h1-2,5-8,14,18H,3-4,9-13,15-17H2,(H,24,29). The zero-order valence-corrected chi connectivity index (χ0v) is 16.9. The molecular formula is C23H29N5O. The lowest BCUT2D eigenvalue weighted by atomic mass is 9.96. The van der Waals surface area contributed by atoms with E-state index in [0.29, 0.717) is 0 Å². The second kappa shape index (κ2) is 8.03. The van der Waals surface area contributed by atoms with E-state index >= 15 is 0 Å². The van der Waals surface area contributed by atoms with E-state index in [9.17, 15) is 4.79 Å². The zero-order chi connectivity index (χ0) is 19.6. The molecule has 29 heavy (non-hydrogen) atoms. The number of anilines is 1. The van der Waals surface area contributed by atoms with Crippen LogP contribution in [0.1, 0.15) is 25.7 Å². The molecule has 2 fully saturated rings. The Hall–Kier alpha value is -2.60. The van der Waals surface area contributed by atoms with Crippen LogP contribution < -0.4 is 10.2 Å². The van der Waals surface area contributed by atoms with Crippen LogP contribution in [0, 0.1) is 5.92 Å². The first-order valence-electron chi connectivity index (χ1n) is 10.9. The Morgan fingerprint density at radius 1 is 1.00 bits per heavy atom. The molecule has 1 amide bonds. The predicted octanol–water partition coefficient (Wildman–Crippen LogP) is 2.92. The number of para-hydroxylation sites is 2. The van der Waals surface area contributed by atoms with E-state index in [-0.39, 0.29) is 11.8 Å². The van der Waals surface area contributed by atoms with Crippen molar-refractivity contribution in [3.63, 3.8) is 0 Å². The van der Waals surface area contributed by atoms with Crippen LogP contribution in [-0.2, 0) is 4.79 Å². The van der Waals surface area contributed by atoms with E-state index in [1.807, 2.05) is 6.07 Å². The molecule has 3 aromatic rings. The van der Waals surface area contributed by atoms with E-state index in [4.69, 9.17) is 4.98 Å². The lowest BCUT2D eigenvalue weighted by molar-refractivity contribution is -0.125. The normalized spacial score (nSPS) is 18.7. The van der Waals surface area contributed by atoms with Crippen LogP contribution in [-0.4, -0.2) is 59.5 Å². The number of likely N-dealkylation sites (tertiary alicyclic amines) is 1. The van der Waals surface area contributed by atoms with Crippen molar-refractivity contribution in [3.8, 4) is 0 Å². The van der Waals surface area contributed by atoms with Crippen LogP contribution in [0.25, 0.3) is 16.6 Å². The quantitative estimate of drug-likeness (QED) is 0.727. The number of piperidine rings is 1. The smallest absolute Gasteiger partial charge is 0.223 e. The molecule has 2 saturated heterocycles. The van der Waals surface area contributed by atoms with Crippen LogP contribution >= 0.6 is 0 Å². The van der Waals surface area contributed by atoms with E-state index in [1.165, 1.54) is 25.9 Å². The van der Waals surface area contributed by atoms with Crippen molar-refractivity contribution in [2.24, 2.45) is 5.92 Å². The molecule has 1 N–H and O–H groups in total. The van der Waals surface area contributed by atoms with Gasteiger partial charge in [-0.15, -0.1) is 0 Å². The highest BCUT2D eigenvalue weighted by Gasteiger charge is 2.27. The summed E-state index contributed by atoms with van der Waals surface area (Å²) in [6.45, 7) is 5.86. The lowest BCUT2D eigenvalue weighted by Crippen LogP contribution is -2.42. The molecule has 2 aliphatic heterocycles. The van der Waals surface area contributed by atoms with Crippen molar-refractivity contribution in [1.82, 2.24) is 19.6 Å². The molecule has 0 bridgehead atoms. The number of benzene rings is 1. The van der Waals surface area contributed by atoms with Crippen molar-refractivity contribution >= 4 is 28.3 Å². The average Bonchev–Trinajstić information content (AvgIpc) is 3.45. The molecule has 2 aromatic heterocycles. The minimum atomic E-state index is 0.119. The second-order valence-electron chi connectivity index (χ2n) is 8.29. The van der Waals surface area contributed by atoms with Gasteiger partial charge in [0.1, 0.15) is 0 Å². The Kier molecular flexibility index (Phi) is 5.10. The minimum absolute atomic E-state index is 0.119. The summed E-state index contributed by atoms with van der Waals surface area (Å²) in [4.78, 5) is 22.3. The van der Waals surface area contributed by atoms with E-state index < -0.39 is 0 Å². The van der Waals surface area contributed by atoms with Crippen LogP contribution in [0.3, 0.4) is 0 Å². The fourth-order valence-corrected chi connectivity index (χ4v) is 4.78. The molecule has 1 aromatic carbocycles. The average molecular weight is 392 g/mol. The van der Waals surface area contributed by atoms with Gasteiger partial charge in [-0.1, -0.05) is 12.1 Å². The highest BCUT2D eigenvalue weighted by molar-refractivity contribution is 5.85. The Morgan fingerprint density at radius 3 is 2.59 bits per heavy atom. The fraction of sp³-hybridized carbons (Fsp3) is 0.478. The Morgan fingerprint density at radius 2 is 1.76 bits per heavy atom. The van der Waals surface area contributed by atoms with E-state index in [1.54, 1.807) is 0 Å². The van der Waals surface area contributed by atoms with Gasteiger partial charge in [-0.2, -0.15) is 0 Å². The number of fused-ring (bicyclic) bond motifs is 3. The first-order chi connectivity index (χ1) is 14.3. The summed E-state index contributed by atoms with van der Waals surface area (Å²) in [5, 5.41) is 3.16. The number of nitrogens with one attached hydrogen (secondary N) is 1. The van der Waals surface area contributed by atoms with Gasteiger partial charge in [0.15, 0.2) is 5.82 Å². The fourth-order valence-electron chi connectivity index (χ4n) is 4.78. The third kappa shape index (κ3) is 3.69. The largest absolute Gasteiger partial charge is 0.355 e. The van der Waals surface area contributed by atoms with Crippen LogP contribution in [0.2, 0.25) is 0 Å². The van der Waals surface area contributed by atoms with Crippen molar-refractivity contribution in [3.05, 3.63) is 42.6 Å². The summed E-state index contributed by atoms with van der Waals surface area (Å²) in [6.07, 6.45) is 6.46. The molecule has 0 radical (unpaired) electrons. The van der Waals surface area contributed by atoms with Gasteiger partial charge in [0.25, 0.3) is 0 Å². The Balaban J connectivity index is 1.23. The maximum atomic E-state index is 12.6. The van der Waals surface area contributed by atoms with Gasteiger partial charge in [-0.25, -0.2) is 4.98 Å². The number of carbonyl (C=O) groups is 1. The molecule has 0 saturated carbocycles. The number of carbonyl (C=O) groups excluding carboxylic acids is 1. The lowest BCUT2D eigenvalue weighted by Gasteiger charge is -2.32. The maximum Gasteiger partial charge on any atom is 0.223 e. The summed E-state index contributed by atoms with van der Waals surface area (Å²) in [7, 11) is 0. The maximum absolute atomic E-state index is 12.6. The Labute approximate surface area is 171 Å². The summed E-state index contributed by atoms with van der Waals surface area (Å²) in [6, 6.07) is 12.5. The first-order valence-corrected chi connectivity index (χ1v) is 10.9. The number of aromatic nitrogens is 2. The number of nitrogens with zero attached hydrogens (tertiary/aromatic N) is 4. The minimum Gasteiger partial charge on any atom is -0.355 e. The number of rotatable bonds is 5. The number of amides is 1. The second-order valence-corrected chi connectivity index (χ2v) is 8.29. The first kappa shape index (κ1) is 18.4. The van der Waals surface area contributed by atoms with E-state index in [2.05, 4.69) is 56.0 Å². The number of hydrogen-bond acceptors (Lipinski definition) is 4. The van der Waals surface area contributed by atoms with Crippen LogP contribution in [0.5, 0.6) is 0 Å². The topological polar surface area (TPSA) is 52.9 Å². The van der Waals surface area contributed by atoms with Gasteiger partial charge in [-0.05, 0) is 63.0 Å². The molecule has 0 aliphatic carbocycles. The van der Waals surface area contributed by atoms with Crippen LogP contribution in [0.15, 0.2) is 42.6 Å². The van der Waals surface area contributed by atoms with Crippen molar-refractivity contribution in [2.75, 3.05) is 44.2 Å². The molecular weight excluding hydrogens is 362 g/mol. The van der Waals surface area contributed by atoms with Crippen molar-refractivity contribution in [1.29, 1.82) is 0 Å². The molecule has 4 heterocycles. The monoisotopic (exact) mass is 391 g/mol. The molecule has 5 rings (SSSR count). The number of hydrogen-bond donors (Lipinski definition) is 1. The molecule has 0 atom stereocenters. The molecule has 0 unspecified atom stereocenters. The van der Waals surface area contributed by atoms with Gasteiger partial charge in [0.2, 0.25) is 5.91 Å². The van der Waals surface area contributed by atoms with Crippen molar-refractivity contribution < 1.29 is 4.79 Å². The summed E-state index contributed by atoms with van der Waals surface area (Å²) in [5.74, 6) is 1.37. The summed E-state index contributed by atoms with van der Waals surface area (Å²) in [5.41, 5.74) is 3.27. The third-order valence-electron chi connectivity index (χ3n) is 6.44. The zero-order valence-electron chi connectivity index (χ0n) is 16.9. The van der Waals surface area contributed by atoms with Gasteiger partial charge < -0.3 is 19.5 Å². The van der Waals surface area contributed by atoms with Crippen LogP contribution in [0.4, 0.5) is 5.82 Å². The highest BCUT2D eigenvalue weighted by Crippen LogP contribution is 2.29. The SMILES string of the molecule is O=C(NCCN1CCCC1)C1CCN(c2nc3ccccc3n3cccc23)CC1. The molecule has 0 spiro atoms. The third-order valence-corrected chi connectivity index (χ3v) is 6.44. The Bertz CT molecular complexity index is 999. The summed E-state index contributed by atoms with van der Waals surface area (Å²) < 4.78 is 2.22. The highest BCUT2D eigenvalue weighted by atomic mass is 16.1. The van der Waals surface area contributed by atoms with E-state index in [0.717, 1.165) is 61.4 Å². The molecule has 6 heteroatoms. The van der Waals surface area contributed by atoms with Gasteiger partial charge in [0, 0.05) is 38.3 Å². The molecule has 6 nitrogen and oxygen atoms in total. The molecule has 152 valence electrons. The summed E-state index contributed by atoms with van der Waals surface area (Å²) >= 11 is 0. The molecule has 2 aliphatic rings. The van der Waals surface area contributed by atoms with Crippen molar-refractivity contribution in [2.45, 2.75) is 25.7 Å². The van der Waals surface area contributed by atoms with Gasteiger partial charge in [0.05, 0.1) is 16.6 Å². The predicted molar refractivity (Wildman–Crippen MR) is 116 cm³/mol.